The minimum absolute atomic E-state index is 1.10. The van der Waals surface area contributed by atoms with Crippen molar-refractivity contribution in [1.29, 1.82) is 0 Å². The van der Waals surface area contributed by atoms with Crippen molar-refractivity contribution in [2.24, 2.45) is 0 Å². The third kappa shape index (κ3) is 8.51. The number of aliphatic hydroxyl groups is 1. The second kappa shape index (κ2) is 4.61. The second-order valence-corrected chi connectivity index (χ2v) is 4.19. The minimum atomic E-state index is -4.95. The summed E-state index contributed by atoms with van der Waals surface area (Å²) in [6, 6.07) is 0. The average Bonchev–Trinajstić information content (AvgIpc) is 1.79. The summed E-state index contributed by atoms with van der Waals surface area (Å²) in [6.07, 6.45) is -2.07. The lowest BCUT2D eigenvalue weighted by Crippen LogP contribution is -2.18. The topological polar surface area (TPSA) is 154 Å². The molecule has 0 aromatic rings. The van der Waals surface area contributed by atoms with Crippen LogP contribution in [-0.2, 0) is 18.2 Å². The first-order valence-corrected chi connectivity index (χ1v) is 5.79. The van der Waals surface area contributed by atoms with Gasteiger partial charge in [-0.2, -0.15) is 0 Å². The molecule has 11 heteroatoms. The Hall–Kier alpha value is 0.180. The van der Waals surface area contributed by atoms with Gasteiger partial charge in [0.15, 0.2) is 0 Å². The van der Waals surface area contributed by atoms with Crippen LogP contribution in [0.1, 0.15) is 0 Å². The first-order chi connectivity index (χ1) is 5.64. The zero-order valence-corrected chi connectivity index (χ0v) is 7.84. The first-order valence-electron chi connectivity index (χ1n) is 2.73. The molecule has 0 fully saturated rings. The van der Waals surface area contributed by atoms with Crippen molar-refractivity contribution in [2.75, 3.05) is 6.61 Å². The molecule has 0 saturated heterocycles. The lowest BCUT2D eigenvalue weighted by molar-refractivity contribution is -0.0645. The summed E-state index contributed by atoms with van der Waals surface area (Å²) in [6.45, 7) is -1.10. The molecule has 0 amide bonds. The van der Waals surface area contributed by atoms with Crippen LogP contribution >= 0.6 is 15.6 Å². The zero-order valence-electron chi connectivity index (χ0n) is 6.05. The number of rotatable bonds is 5. The molecule has 9 nitrogen and oxygen atoms in total. The molecule has 0 rings (SSSR count). The van der Waals surface area contributed by atoms with Crippen LogP contribution in [-0.4, -0.2) is 37.6 Å². The lowest BCUT2D eigenvalue weighted by Gasteiger charge is -2.16. The highest BCUT2D eigenvalue weighted by Gasteiger charge is 2.28. The van der Waals surface area contributed by atoms with Gasteiger partial charge in [0, 0.05) is 0 Å². The largest absolute Gasteiger partial charge is 0.472 e. The summed E-state index contributed by atoms with van der Waals surface area (Å²) in [4.78, 5) is 32.6. The van der Waals surface area contributed by atoms with Crippen molar-refractivity contribution in [3.63, 3.8) is 0 Å². The van der Waals surface area contributed by atoms with E-state index in [-0.39, 0.29) is 0 Å². The van der Waals surface area contributed by atoms with Gasteiger partial charge in [0.25, 0.3) is 0 Å². The fraction of sp³-hybridized carbons (Fsp3) is 1.00. The van der Waals surface area contributed by atoms with E-state index in [2.05, 4.69) is 9.05 Å². The molecule has 13 heavy (non-hydrogen) atoms. The van der Waals surface area contributed by atoms with Gasteiger partial charge in [-0.05, 0) is 0 Å². The number of hydrogen-bond donors (Lipinski definition) is 5. The Kier molecular flexibility index (Phi) is 4.67. The van der Waals surface area contributed by atoms with Gasteiger partial charge in [0.1, 0.15) is 0 Å². The van der Waals surface area contributed by atoms with E-state index in [1.54, 1.807) is 0 Å². The predicted octanol–water partition coefficient (Wildman–Crippen LogP) is -1.48. The molecule has 0 bridgehead atoms. The van der Waals surface area contributed by atoms with Crippen molar-refractivity contribution in [3.8, 4) is 0 Å². The van der Waals surface area contributed by atoms with E-state index < -0.39 is 28.5 Å². The van der Waals surface area contributed by atoms with Gasteiger partial charge in [-0.3, -0.25) is 9.05 Å². The summed E-state index contributed by atoms with van der Waals surface area (Å²) in [5.74, 6) is 0. The minimum Gasteiger partial charge on any atom is -0.391 e. The highest BCUT2D eigenvalue weighted by Crippen LogP contribution is 2.43. The number of hydrogen-bond acceptors (Lipinski definition) is 5. The molecule has 0 aromatic heterocycles. The lowest BCUT2D eigenvalue weighted by atomic mass is 10.7. The Morgan fingerprint density at radius 2 is 1.31 bits per heavy atom. The molecule has 0 atom stereocenters. The van der Waals surface area contributed by atoms with Crippen LogP contribution in [0, 0.1) is 0 Å². The molecule has 0 aliphatic heterocycles. The van der Waals surface area contributed by atoms with E-state index in [4.69, 9.17) is 24.7 Å². The standard InChI is InChI=1S/C2H8O9P2/c3-1-2(10-12(4,5)6)11-13(7,8)9/h2-3H,1H2,(H2,4,5,6)(H2,7,8,9). The zero-order chi connectivity index (χ0) is 10.7. The monoisotopic (exact) mass is 238 g/mol. The van der Waals surface area contributed by atoms with Crippen molar-refractivity contribution < 1.29 is 42.9 Å². The Morgan fingerprint density at radius 3 is 1.46 bits per heavy atom. The van der Waals surface area contributed by atoms with E-state index in [0.717, 1.165) is 0 Å². The van der Waals surface area contributed by atoms with Crippen molar-refractivity contribution in [3.05, 3.63) is 0 Å². The molecule has 0 spiro atoms. The van der Waals surface area contributed by atoms with E-state index >= 15 is 0 Å². The molecule has 80 valence electrons. The van der Waals surface area contributed by atoms with E-state index in [9.17, 15) is 9.13 Å². The summed E-state index contributed by atoms with van der Waals surface area (Å²) in [5, 5.41) is 8.32. The molecule has 0 heterocycles. The van der Waals surface area contributed by atoms with Crippen molar-refractivity contribution >= 4 is 15.6 Å². The van der Waals surface area contributed by atoms with Crippen molar-refractivity contribution in [1.82, 2.24) is 0 Å². The van der Waals surface area contributed by atoms with Gasteiger partial charge in [0.2, 0.25) is 6.29 Å². The molecular weight excluding hydrogens is 230 g/mol. The van der Waals surface area contributed by atoms with E-state index in [0.29, 0.717) is 0 Å². The Balaban J connectivity index is 4.22. The van der Waals surface area contributed by atoms with Gasteiger partial charge >= 0.3 is 15.6 Å². The van der Waals surface area contributed by atoms with Crippen molar-refractivity contribution in [2.45, 2.75) is 6.29 Å². The Morgan fingerprint density at radius 1 is 1.00 bits per heavy atom. The SMILES string of the molecule is O=P(O)(O)OC(CO)OP(=O)(O)O. The normalized spacial score (nSPS) is 13.7. The van der Waals surface area contributed by atoms with Crippen LogP contribution in [0.4, 0.5) is 0 Å². The number of phosphoric acid groups is 2. The molecule has 0 radical (unpaired) electrons. The molecule has 0 aliphatic rings. The third-order valence-corrected chi connectivity index (χ3v) is 1.68. The van der Waals surface area contributed by atoms with Crippen LogP contribution in [0.25, 0.3) is 0 Å². The predicted molar refractivity (Wildman–Crippen MR) is 37.1 cm³/mol. The van der Waals surface area contributed by atoms with Crippen LogP contribution in [0.3, 0.4) is 0 Å². The maximum Gasteiger partial charge on any atom is 0.472 e. The van der Waals surface area contributed by atoms with Crippen LogP contribution in [0.2, 0.25) is 0 Å². The average molecular weight is 238 g/mol. The smallest absolute Gasteiger partial charge is 0.391 e. The molecule has 0 aromatic carbocycles. The summed E-state index contributed by atoms with van der Waals surface area (Å²) in [5.41, 5.74) is 0. The quantitative estimate of drug-likeness (QED) is 0.285. The summed E-state index contributed by atoms with van der Waals surface area (Å²) in [7, 11) is -9.91. The fourth-order valence-electron chi connectivity index (χ4n) is 0.392. The third-order valence-electron chi connectivity index (χ3n) is 0.659. The molecular formula is C2H8O9P2. The highest BCUT2D eigenvalue weighted by molar-refractivity contribution is 7.47. The number of phosphoric ester groups is 2. The van der Waals surface area contributed by atoms with Gasteiger partial charge in [-0.15, -0.1) is 0 Å². The second-order valence-electron chi connectivity index (χ2n) is 1.80. The first kappa shape index (κ1) is 13.2. The van der Waals surface area contributed by atoms with Gasteiger partial charge in [-0.1, -0.05) is 0 Å². The molecule has 0 saturated carbocycles. The van der Waals surface area contributed by atoms with E-state index in [1.165, 1.54) is 0 Å². The van der Waals surface area contributed by atoms with Crippen LogP contribution in [0.15, 0.2) is 0 Å². The van der Waals surface area contributed by atoms with Crippen LogP contribution in [0.5, 0.6) is 0 Å². The van der Waals surface area contributed by atoms with Gasteiger partial charge < -0.3 is 24.7 Å². The maximum absolute atomic E-state index is 10.1. The van der Waals surface area contributed by atoms with Crippen LogP contribution < -0.4 is 0 Å². The maximum atomic E-state index is 10.1. The van der Waals surface area contributed by atoms with Gasteiger partial charge in [0.05, 0.1) is 6.61 Å². The van der Waals surface area contributed by atoms with Gasteiger partial charge in [-0.25, -0.2) is 9.13 Å². The molecule has 5 N–H and O–H groups in total. The fourth-order valence-corrected chi connectivity index (χ4v) is 1.29. The highest BCUT2D eigenvalue weighted by atomic mass is 31.2. The Labute approximate surface area is 72.4 Å². The summed E-state index contributed by atoms with van der Waals surface area (Å²) < 4.78 is 27.6. The molecule has 0 aliphatic carbocycles. The van der Waals surface area contributed by atoms with E-state index in [1.807, 2.05) is 0 Å². The summed E-state index contributed by atoms with van der Waals surface area (Å²) >= 11 is 0. The Bertz CT molecular complexity index is 212. The molecule has 0 unspecified atom stereocenters. The number of aliphatic hydroxyl groups excluding tert-OH is 1.